The number of ketones is 1. The number of carbonyl (C=O) groups excluding carboxylic acids is 1. The van der Waals surface area contributed by atoms with Crippen LogP contribution in [-0.2, 0) is 4.79 Å². The minimum Gasteiger partial charge on any atom is -0.378 e. The van der Waals surface area contributed by atoms with Crippen molar-refractivity contribution in [3.63, 3.8) is 0 Å². The lowest BCUT2D eigenvalue weighted by Gasteiger charge is -2.18. The molecule has 1 unspecified atom stereocenters. The molecule has 0 aliphatic heterocycles. The monoisotopic (exact) mass is 240 g/mol. The van der Waals surface area contributed by atoms with Crippen LogP contribution in [0.15, 0.2) is 54.9 Å². The van der Waals surface area contributed by atoms with Gasteiger partial charge < -0.3 is 5.32 Å². The van der Waals surface area contributed by atoms with Gasteiger partial charge in [-0.05, 0) is 30.7 Å². The molecule has 92 valence electrons. The van der Waals surface area contributed by atoms with E-state index in [2.05, 4.69) is 10.3 Å². The normalized spacial score (nSPS) is 11.8. The molecule has 0 fully saturated rings. The molecule has 0 spiro atoms. The Labute approximate surface area is 107 Å². The maximum absolute atomic E-state index is 11.4. The van der Waals surface area contributed by atoms with E-state index in [4.69, 9.17) is 0 Å². The van der Waals surface area contributed by atoms with E-state index in [9.17, 15) is 4.79 Å². The Morgan fingerprint density at radius 1 is 1.22 bits per heavy atom. The Morgan fingerprint density at radius 2 is 2.00 bits per heavy atom. The van der Waals surface area contributed by atoms with E-state index >= 15 is 0 Å². The number of carbonyl (C=O) groups is 1. The second kappa shape index (κ2) is 5.96. The van der Waals surface area contributed by atoms with Gasteiger partial charge in [0.15, 0.2) is 0 Å². The molecule has 3 nitrogen and oxygen atoms in total. The molecule has 1 aromatic carbocycles. The lowest BCUT2D eigenvalue weighted by Crippen LogP contribution is -2.14. The second-order valence-corrected chi connectivity index (χ2v) is 4.26. The number of pyridine rings is 1. The number of anilines is 1. The quantitative estimate of drug-likeness (QED) is 0.872. The van der Waals surface area contributed by atoms with Gasteiger partial charge in [-0.25, -0.2) is 0 Å². The van der Waals surface area contributed by atoms with Crippen molar-refractivity contribution in [2.45, 2.75) is 19.4 Å². The molecule has 0 saturated heterocycles. The molecule has 0 saturated carbocycles. The predicted octanol–water partition coefficient (Wildman–Crippen LogP) is 3.21. The van der Waals surface area contributed by atoms with Crippen LogP contribution in [0.25, 0.3) is 0 Å². The summed E-state index contributed by atoms with van der Waals surface area (Å²) >= 11 is 0. The zero-order valence-corrected chi connectivity index (χ0v) is 10.3. The summed E-state index contributed by atoms with van der Waals surface area (Å²) in [7, 11) is 0. The number of aromatic nitrogens is 1. The third kappa shape index (κ3) is 3.42. The first kappa shape index (κ1) is 12.3. The van der Waals surface area contributed by atoms with E-state index in [1.54, 1.807) is 19.3 Å². The van der Waals surface area contributed by atoms with Crippen LogP contribution in [0.4, 0.5) is 5.69 Å². The Bertz CT molecular complexity index is 496. The summed E-state index contributed by atoms with van der Waals surface area (Å²) in [6.45, 7) is 1.61. The molecule has 1 atom stereocenters. The highest BCUT2D eigenvalue weighted by Crippen LogP contribution is 2.22. The highest BCUT2D eigenvalue weighted by atomic mass is 16.1. The smallest absolute Gasteiger partial charge is 0.132 e. The van der Waals surface area contributed by atoms with Gasteiger partial charge >= 0.3 is 0 Å². The number of nitrogens with one attached hydrogen (secondary N) is 1. The molecule has 1 aromatic heterocycles. The lowest BCUT2D eigenvalue weighted by molar-refractivity contribution is -0.117. The van der Waals surface area contributed by atoms with E-state index in [-0.39, 0.29) is 11.8 Å². The maximum Gasteiger partial charge on any atom is 0.132 e. The molecule has 0 bridgehead atoms. The summed E-state index contributed by atoms with van der Waals surface area (Å²) in [6.07, 6.45) is 3.99. The van der Waals surface area contributed by atoms with Gasteiger partial charge in [0, 0.05) is 24.5 Å². The molecule has 0 aliphatic carbocycles. The number of para-hydroxylation sites is 1. The van der Waals surface area contributed by atoms with Crippen LogP contribution in [0.5, 0.6) is 0 Å². The first-order chi connectivity index (χ1) is 8.75. The Kier molecular flexibility index (Phi) is 4.07. The largest absolute Gasteiger partial charge is 0.378 e. The minimum atomic E-state index is -0.0291. The summed E-state index contributed by atoms with van der Waals surface area (Å²) in [5.74, 6) is 0.160. The SMILES string of the molecule is CC(=O)CC(Nc1ccccc1)c1cccnc1. The van der Waals surface area contributed by atoms with Crippen LogP contribution in [0, 0.1) is 0 Å². The van der Waals surface area contributed by atoms with Crippen molar-refractivity contribution in [2.24, 2.45) is 0 Å². The van der Waals surface area contributed by atoms with Crippen molar-refractivity contribution in [1.82, 2.24) is 4.98 Å². The average Bonchev–Trinajstić information content (AvgIpc) is 2.40. The molecule has 0 amide bonds. The number of hydrogen-bond acceptors (Lipinski definition) is 3. The zero-order chi connectivity index (χ0) is 12.8. The van der Waals surface area contributed by atoms with Gasteiger partial charge in [0.25, 0.3) is 0 Å². The number of hydrogen-bond donors (Lipinski definition) is 1. The Morgan fingerprint density at radius 3 is 2.61 bits per heavy atom. The van der Waals surface area contributed by atoms with E-state index in [1.165, 1.54) is 0 Å². The number of Topliss-reactive ketones (excluding diaryl/α,β-unsaturated/α-hetero) is 1. The van der Waals surface area contributed by atoms with Crippen LogP contribution < -0.4 is 5.32 Å². The summed E-state index contributed by atoms with van der Waals surface area (Å²) < 4.78 is 0. The highest BCUT2D eigenvalue weighted by molar-refractivity contribution is 5.77. The number of rotatable bonds is 5. The molecule has 2 rings (SSSR count). The molecular formula is C15H16N2O. The van der Waals surface area contributed by atoms with Crippen LogP contribution >= 0.6 is 0 Å². The molecule has 0 radical (unpaired) electrons. The summed E-state index contributed by atoms with van der Waals surface area (Å²) in [5.41, 5.74) is 2.03. The van der Waals surface area contributed by atoms with Gasteiger partial charge in [-0.1, -0.05) is 24.3 Å². The second-order valence-electron chi connectivity index (χ2n) is 4.26. The lowest BCUT2D eigenvalue weighted by atomic mass is 10.0. The van der Waals surface area contributed by atoms with Gasteiger partial charge in [0.05, 0.1) is 6.04 Å². The predicted molar refractivity (Wildman–Crippen MR) is 72.3 cm³/mol. The van der Waals surface area contributed by atoms with Gasteiger partial charge in [-0.3, -0.25) is 9.78 Å². The third-order valence-electron chi connectivity index (χ3n) is 2.69. The molecule has 2 aromatic rings. The minimum absolute atomic E-state index is 0.0291. The van der Waals surface area contributed by atoms with Gasteiger partial charge in [0.2, 0.25) is 0 Å². The molecule has 0 aliphatic rings. The van der Waals surface area contributed by atoms with Crippen molar-refractivity contribution >= 4 is 11.5 Å². The Hall–Kier alpha value is -2.16. The Balaban J connectivity index is 2.18. The van der Waals surface area contributed by atoms with Crippen molar-refractivity contribution in [2.75, 3.05) is 5.32 Å². The fourth-order valence-electron chi connectivity index (χ4n) is 1.86. The zero-order valence-electron chi connectivity index (χ0n) is 10.3. The van der Waals surface area contributed by atoms with Crippen molar-refractivity contribution < 1.29 is 4.79 Å². The number of benzene rings is 1. The molecule has 1 N–H and O–H groups in total. The molecule has 1 heterocycles. The standard InChI is InChI=1S/C15H16N2O/c1-12(18)10-15(13-6-5-9-16-11-13)17-14-7-3-2-4-8-14/h2-9,11,15,17H,10H2,1H3. The van der Waals surface area contributed by atoms with Crippen molar-refractivity contribution in [3.8, 4) is 0 Å². The first-order valence-corrected chi connectivity index (χ1v) is 5.96. The maximum atomic E-state index is 11.4. The molecule has 18 heavy (non-hydrogen) atoms. The van der Waals surface area contributed by atoms with Gasteiger partial charge in [0.1, 0.15) is 5.78 Å². The summed E-state index contributed by atoms with van der Waals surface area (Å²) in [5, 5.41) is 3.37. The van der Waals surface area contributed by atoms with Crippen molar-refractivity contribution in [1.29, 1.82) is 0 Å². The van der Waals surface area contributed by atoms with Crippen LogP contribution in [0.3, 0.4) is 0 Å². The average molecular weight is 240 g/mol. The molecular weight excluding hydrogens is 224 g/mol. The van der Waals surface area contributed by atoms with Crippen molar-refractivity contribution in [3.05, 3.63) is 60.4 Å². The van der Waals surface area contributed by atoms with E-state index in [0.717, 1.165) is 11.3 Å². The van der Waals surface area contributed by atoms with E-state index in [1.807, 2.05) is 42.5 Å². The number of nitrogens with zero attached hydrogens (tertiary/aromatic N) is 1. The molecule has 3 heteroatoms. The van der Waals surface area contributed by atoms with E-state index < -0.39 is 0 Å². The fraction of sp³-hybridized carbons (Fsp3) is 0.200. The first-order valence-electron chi connectivity index (χ1n) is 5.96. The topological polar surface area (TPSA) is 42.0 Å². The van der Waals surface area contributed by atoms with Crippen LogP contribution in [0.2, 0.25) is 0 Å². The highest BCUT2D eigenvalue weighted by Gasteiger charge is 2.13. The van der Waals surface area contributed by atoms with Crippen LogP contribution in [-0.4, -0.2) is 10.8 Å². The summed E-state index contributed by atoms with van der Waals surface area (Å²) in [6, 6.07) is 13.7. The van der Waals surface area contributed by atoms with Crippen LogP contribution in [0.1, 0.15) is 24.9 Å². The van der Waals surface area contributed by atoms with Gasteiger partial charge in [-0.15, -0.1) is 0 Å². The van der Waals surface area contributed by atoms with E-state index in [0.29, 0.717) is 6.42 Å². The van der Waals surface area contributed by atoms with Gasteiger partial charge in [-0.2, -0.15) is 0 Å². The summed E-state index contributed by atoms with van der Waals surface area (Å²) in [4.78, 5) is 15.5. The third-order valence-corrected chi connectivity index (χ3v) is 2.69. The fourth-order valence-corrected chi connectivity index (χ4v) is 1.86.